The summed E-state index contributed by atoms with van der Waals surface area (Å²) >= 11 is 3.30. The number of thioether (sulfide) groups is 2. The van der Waals surface area contributed by atoms with Crippen molar-refractivity contribution >= 4 is 35.4 Å². The van der Waals surface area contributed by atoms with Crippen LogP contribution in [0.25, 0.3) is 22.6 Å². The topological polar surface area (TPSA) is 102 Å². The van der Waals surface area contributed by atoms with Crippen molar-refractivity contribution < 1.29 is 23.8 Å². The number of carbonyl (C=O) groups is 2. The minimum absolute atomic E-state index is 0.294. The number of hydrogen-bond donors (Lipinski definition) is 2. The van der Waals surface area contributed by atoms with E-state index in [-0.39, 0.29) is 6.10 Å². The van der Waals surface area contributed by atoms with E-state index < -0.39 is 17.9 Å². The van der Waals surface area contributed by atoms with E-state index in [1.54, 1.807) is 35.8 Å². The first-order valence-electron chi connectivity index (χ1n) is 13.8. The molecule has 9 heteroatoms. The van der Waals surface area contributed by atoms with Gasteiger partial charge in [-0.2, -0.15) is 23.5 Å². The first kappa shape index (κ1) is 31.4. The monoisotopic (exact) mass is 604 g/mol. The van der Waals surface area contributed by atoms with Crippen molar-refractivity contribution in [3.05, 3.63) is 101 Å². The predicted octanol–water partition coefficient (Wildman–Crippen LogP) is 7.26. The number of carbonyl (C=O) groups excluding carboxylic acids is 1. The lowest BCUT2D eigenvalue weighted by Gasteiger charge is -2.19. The van der Waals surface area contributed by atoms with E-state index >= 15 is 0 Å². The molecule has 0 fully saturated rings. The molecule has 3 aromatic carbocycles. The third kappa shape index (κ3) is 8.27. The van der Waals surface area contributed by atoms with Gasteiger partial charge < -0.3 is 19.6 Å². The first-order chi connectivity index (χ1) is 20.4. The maximum absolute atomic E-state index is 13.4. The molecule has 0 radical (unpaired) electrons. The number of ether oxygens (including phenoxy) is 1. The van der Waals surface area contributed by atoms with Crippen molar-refractivity contribution in [2.75, 3.05) is 23.5 Å². The van der Waals surface area contributed by atoms with E-state index in [0.717, 1.165) is 33.6 Å². The Hall–Kier alpha value is -3.53. The second kappa shape index (κ2) is 15.6. The number of rotatable bonds is 15. The molecule has 1 aromatic heterocycles. The number of carboxylic acid groups (broad SMARTS) is 1. The summed E-state index contributed by atoms with van der Waals surface area (Å²) in [5.74, 6) is 2.03. The summed E-state index contributed by atoms with van der Waals surface area (Å²) in [5, 5.41) is 12.4. The molecule has 0 unspecified atom stereocenters. The molecule has 4 rings (SSSR count). The molecule has 7 nitrogen and oxygen atoms in total. The molecule has 0 saturated heterocycles. The number of benzene rings is 3. The van der Waals surface area contributed by atoms with Gasteiger partial charge >= 0.3 is 5.97 Å². The van der Waals surface area contributed by atoms with Gasteiger partial charge in [-0.25, -0.2) is 9.78 Å². The summed E-state index contributed by atoms with van der Waals surface area (Å²) < 4.78 is 12.5. The van der Waals surface area contributed by atoms with E-state index in [9.17, 15) is 14.7 Å². The number of carboxylic acids is 1. The first-order valence-corrected chi connectivity index (χ1v) is 16.4. The Kier molecular flexibility index (Phi) is 11.7. The van der Waals surface area contributed by atoms with Crippen LogP contribution in [-0.4, -0.2) is 51.5 Å². The second-order valence-electron chi connectivity index (χ2n) is 9.73. The highest BCUT2D eigenvalue weighted by Gasteiger charge is 2.23. The Bertz CT molecular complexity index is 1470. The van der Waals surface area contributed by atoms with Gasteiger partial charge in [-0.05, 0) is 77.6 Å². The summed E-state index contributed by atoms with van der Waals surface area (Å²) in [7, 11) is 0. The van der Waals surface area contributed by atoms with E-state index in [0.29, 0.717) is 41.7 Å². The lowest BCUT2D eigenvalue weighted by molar-refractivity contribution is -0.139. The smallest absolute Gasteiger partial charge is 0.326 e. The van der Waals surface area contributed by atoms with Crippen LogP contribution in [0.1, 0.15) is 46.7 Å². The fourth-order valence-electron chi connectivity index (χ4n) is 4.49. The molecule has 0 aliphatic carbocycles. The lowest BCUT2D eigenvalue weighted by Crippen LogP contribution is -2.41. The molecular formula is C33H36N2O5S2. The van der Waals surface area contributed by atoms with Gasteiger partial charge in [0.15, 0.2) is 5.76 Å². The third-order valence-electron chi connectivity index (χ3n) is 6.76. The van der Waals surface area contributed by atoms with Crippen LogP contribution in [0.15, 0.2) is 83.4 Å². The van der Waals surface area contributed by atoms with Gasteiger partial charge in [-0.15, -0.1) is 0 Å². The molecule has 1 heterocycles. The molecule has 0 aliphatic heterocycles. The van der Waals surface area contributed by atoms with E-state index in [2.05, 4.69) is 17.2 Å². The zero-order chi connectivity index (χ0) is 29.9. The summed E-state index contributed by atoms with van der Waals surface area (Å²) in [6, 6.07) is 22.2. The molecule has 2 atom stereocenters. The molecule has 2 N–H and O–H groups in total. The maximum atomic E-state index is 13.4. The number of aromatic nitrogens is 1. The van der Waals surface area contributed by atoms with E-state index in [1.165, 1.54) is 0 Å². The molecular weight excluding hydrogens is 569 g/mol. The number of hydrogen-bond acceptors (Lipinski definition) is 7. The Morgan fingerprint density at radius 1 is 1.05 bits per heavy atom. The second-order valence-corrected chi connectivity index (χ2v) is 12.0. The van der Waals surface area contributed by atoms with Gasteiger partial charge in [0.05, 0.1) is 12.8 Å². The van der Waals surface area contributed by atoms with Gasteiger partial charge in [0.1, 0.15) is 12.1 Å². The summed E-state index contributed by atoms with van der Waals surface area (Å²) in [5.41, 5.74) is 4.85. The molecule has 42 heavy (non-hydrogen) atoms. The zero-order valence-electron chi connectivity index (χ0n) is 24.0. The van der Waals surface area contributed by atoms with Crippen LogP contribution < -0.4 is 5.32 Å². The summed E-state index contributed by atoms with van der Waals surface area (Å²) in [4.78, 5) is 29.7. The molecule has 0 spiro atoms. The number of aryl methyl sites for hydroxylation is 1. The standard InChI is InChI=1S/C33H36N2O5S2/c1-4-42-21-30(29-19-34-32(40-29)24-11-6-5-7-12-24)39-20-23-14-15-26(27(18-23)25-13-9-8-10-22(25)2)31(36)35-28(33(37)38)16-17-41-3/h5-15,18-19,28,30H,4,16-17,20-21H2,1-3H3,(H,35,36)(H,37,38)/t28-,30-/m0/s1. The summed E-state index contributed by atoms with van der Waals surface area (Å²) in [6.07, 6.45) is 3.68. The van der Waals surface area contributed by atoms with Crippen LogP contribution in [-0.2, 0) is 16.1 Å². The Morgan fingerprint density at radius 2 is 1.81 bits per heavy atom. The fraction of sp³-hybridized carbons (Fsp3) is 0.303. The average molecular weight is 605 g/mol. The van der Waals surface area contributed by atoms with Gasteiger partial charge in [0.2, 0.25) is 5.89 Å². The molecule has 220 valence electrons. The van der Waals surface area contributed by atoms with Crippen LogP contribution in [0.4, 0.5) is 0 Å². The SMILES string of the molecule is CCSC[C@H](OCc1ccc(C(=O)N[C@@H](CCSC)C(=O)O)c(-c2ccccc2C)c1)c1cnc(-c2ccccc2)o1. The van der Waals surface area contributed by atoms with Crippen molar-refractivity contribution in [1.82, 2.24) is 10.3 Å². The normalized spacial score (nSPS) is 12.5. The van der Waals surface area contributed by atoms with Crippen LogP contribution in [0.2, 0.25) is 0 Å². The van der Waals surface area contributed by atoms with Crippen LogP contribution in [0.3, 0.4) is 0 Å². The predicted molar refractivity (Wildman–Crippen MR) is 171 cm³/mol. The Labute approximate surface area is 255 Å². The number of nitrogens with zero attached hydrogens (tertiary/aromatic N) is 1. The van der Waals surface area contributed by atoms with Crippen molar-refractivity contribution in [3.63, 3.8) is 0 Å². The Balaban J connectivity index is 1.59. The molecule has 0 saturated carbocycles. The third-order valence-corrected chi connectivity index (χ3v) is 8.35. The molecule has 1 amide bonds. The van der Waals surface area contributed by atoms with Gasteiger partial charge in [0.25, 0.3) is 5.91 Å². The number of aliphatic carboxylic acids is 1. The average Bonchev–Trinajstić information content (AvgIpc) is 3.50. The van der Waals surface area contributed by atoms with Gasteiger partial charge in [-0.3, -0.25) is 4.79 Å². The van der Waals surface area contributed by atoms with Gasteiger partial charge in [0, 0.05) is 16.9 Å². The van der Waals surface area contributed by atoms with E-state index in [1.807, 2.05) is 79.9 Å². The van der Waals surface area contributed by atoms with E-state index in [4.69, 9.17) is 9.15 Å². The molecule has 0 bridgehead atoms. The number of nitrogens with one attached hydrogen (secondary N) is 1. The molecule has 4 aromatic rings. The largest absolute Gasteiger partial charge is 0.480 e. The highest BCUT2D eigenvalue weighted by atomic mass is 32.2. The van der Waals surface area contributed by atoms with Gasteiger partial charge in [-0.1, -0.05) is 55.5 Å². The van der Waals surface area contributed by atoms with Crippen molar-refractivity contribution in [2.24, 2.45) is 0 Å². The van der Waals surface area contributed by atoms with Crippen LogP contribution in [0, 0.1) is 6.92 Å². The Morgan fingerprint density at radius 3 is 2.52 bits per heavy atom. The minimum atomic E-state index is -1.04. The van der Waals surface area contributed by atoms with Crippen molar-refractivity contribution in [1.29, 1.82) is 0 Å². The van der Waals surface area contributed by atoms with Crippen LogP contribution >= 0.6 is 23.5 Å². The number of amides is 1. The van der Waals surface area contributed by atoms with Crippen molar-refractivity contribution in [3.8, 4) is 22.6 Å². The zero-order valence-corrected chi connectivity index (χ0v) is 25.7. The highest BCUT2D eigenvalue weighted by molar-refractivity contribution is 7.99. The van der Waals surface area contributed by atoms with Crippen LogP contribution in [0.5, 0.6) is 0 Å². The fourth-order valence-corrected chi connectivity index (χ4v) is 5.67. The maximum Gasteiger partial charge on any atom is 0.326 e. The number of oxazole rings is 1. The highest BCUT2D eigenvalue weighted by Crippen LogP contribution is 2.31. The summed E-state index contributed by atoms with van der Waals surface area (Å²) in [6.45, 7) is 4.39. The minimum Gasteiger partial charge on any atom is -0.480 e. The van der Waals surface area contributed by atoms with Crippen molar-refractivity contribution in [2.45, 2.75) is 39.0 Å². The quantitative estimate of drug-likeness (QED) is 0.146. The molecule has 0 aliphatic rings. The lowest BCUT2D eigenvalue weighted by atomic mass is 9.93.